The zero-order chi connectivity index (χ0) is 21.8. The van der Waals surface area contributed by atoms with Crippen molar-refractivity contribution in [1.29, 1.82) is 0 Å². The van der Waals surface area contributed by atoms with Gasteiger partial charge in [-0.15, -0.1) is 22.0 Å². The fourth-order valence-corrected chi connectivity index (χ4v) is 4.50. The number of halogens is 1. The van der Waals surface area contributed by atoms with Crippen LogP contribution in [0.25, 0.3) is 11.5 Å². The summed E-state index contributed by atoms with van der Waals surface area (Å²) in [4.78, 5) is 29.8. The Balaban J connectivity index is 1.50. The number of benzene rings is 2. The molecule has 1 aliphatic rings. The van der Waals surface area contributed by atoms with E-state index in [1.54, 1.807) is 21.9 Å². The average molecular weight is 457 g/mol. The lowest BCUT2D eigenvalue weighted by molar-refractivity contribution is -0.132. The Hall–Kier alpha value is -2.84. The molecule has 0 radical (unpaired) electrons. The minimum Gasteiger partial charge on any atom is -0.419 e. The number of thioether (sulfide) groups is 1. The predicted octanol–water partition coefficient (Wildman–Crippen LogP) is 4.27. The fourth-order valence-electron chi connectivity index (χ4n) is 3.35. The summed E-state index contributed by atoms with van der Waals surface area (Å²) in [6.07, 6.45) is 0.762. The molecule has 1 aromatic heterocycles. The number of carbonyl (C=O) groups is 2. The molecular formula is C22H21ClN4O3S. The summed E-state index contributed by atoms with van der Waals surface area (Å²) in [7, 11) is 0. The van der Waals surface area contributed by atoms with Gasteiger partial charge in [0.05, 0.1) is 28.6 Å². The Morgan fingerprint density at radius 1 is 1.19 bits per heavy atom. The minimum absolute atomic E-state index is 0.0259. The van der Waals surface area contributed by atoms with Crippen LogP contribution >= 0.6 is 23.4 Å². The van der Waals surface area contributed by atoms with Gasteiger partial charge in [-0.1, -0.05) is 42.8 Å². The monoisotopic (exact) mass is 456 g/mol. The van der Waals surface area contributed by atoms with Crippen LogP contribution in [0.15, 0.2) is 57.8 Å². The molecule has 0 aliphatic carbocycles. The second-order valence-corrected chi connectivity index (χ2v) is 8.46. The normalized spacial score (nSPS) is 13.2. The number of carbonyl (C=O) groups excluding carboxylic acids is 2. The van der Waals surface area contributed by atoms with E-state index in [4.69, 9.17) is 16.0 Å². The molecule has 0 fully saturated rings. The Bertz CT molecular complexity index is 1100. The van der Waals surface area contributed by atoms with Crippen molar-refractivity contribution in [2.45, 2.75) is 24.8 Å². The van der Waals surface area contributed by atoms with Crippen molar-refractivity contribution >= 4 is 40.9 Å². The highest BCUT2D eigenvalue weighted by molar-refractivity contribution is 8.00. The average Bonchev–Trinajstić information content (AvgIpc) is 3.24. The van der Waals surface area contributed by atoms with Crippen LogP contribution in [0, 0.1) is 0 Å². The van der Waals surface area contributed by atoms with E-state index in [9.17, 15) is 9.59 Å². The molecule has 0 spiro atoms. The first kappa shape index (κ1) is 21.4. The van der Waals surface area contributed by atoms with Gasteiger partial charge in [0.25, 0.3) is 0 Å². The van der Waals surface area contributed by atoms with Crippen LogP contribution in [-0.4, -0.2) is 45.8 Å². The molecule has 0 unspecified atom stereocenters. The molecule has 7 nitrogen and oxygen atoms in total. The number of nitrogens with zero attached hydrogens (tertiary/aromatic N) is 4. The van der Waals surface area contributed by atoms with E-state index in [0.717, 1.165) is 17.0 Å². The lowest BCUT2D eigenvalue weighted by atomic mass is 10.2. The van der Waals surface area contributed by atoms with Crippen molar-refractivity contribution in [1.82, 2.24) is 15.1 Å². The van der Waals surface area contributed by atoms with Gasteiger partial charge in [0.15, 0.2) is 0 Å². The number of hydrogen-bond donors (Lipinski definition) is 0. The Kier molecular flexibility index (Phi) is 6.58. The van der Waals surface area contributed by atoms with Crippen molar-refractivity contribution < 1.29 is 14.0 Å². The number of para-hydroxylation sites is 1. The highest BCUT2D eigenvalue weighted by atomic mass is 35.5. The van der Waals surface area contributed by atoms with Crippen molar-refractivity contribution in [2.24, 2.45) is 0 Å². The first-order valence-electron chi connectivity index (χ1n) is 9.94. The molecule has 0 saturated carbocycles. The minimum atomic E-state index is -0.172. The molecule has 0 saturated heterocycles. The molecule has 0 atom stereocenters. The number of aromatic nitrogens is 2. The van der Waals surface area contributed by atoms with Gasteiger partial charge in [0.1, 0.15) is 6.54 Å². The second kappa shape index (κ2) is 9.53. The highest BCUT2D eigenvalue weighted by Crippen LogP contribution is 2.35. The number of amides is 2. The van der Waals surface area contributed by atoms with E-state index in [1.807, 2.05) is 43.3 Å². The van der Waals surface area contributed by atoms with E-state index in [-0.39, 0.29) is 24.9 Å². The highest BCUT2D eigenvalue weighted by Gasteiger charge is 2.28. The molecule has 0 N–H and O–H groups in total. The topological polar surface area (TPSA) is 79.5 Å². The summed E-state index contributed by atoms with van der Waals surface area (Å²) in [6.45, 7) is 2.65. The molecule has 9 heteroatoms. The number of anilines is 1. The predicted molar refractivity (Wildman–Crippen MR) is 120 cm³/mol. The quantitative estimate of drug-likeness (QED) is 0.528. The van der Waals surface area contributed by atoms with E-state index >= 15 is 0 Å². The third kappa shape index (κ3) is 4.75. The van der Waals surface area contributed by atoms with Gasteiger partial charge in [-0.3, -0.25) is 9.59 Å². The molecule has 2 aromatic carbocycles. The van der Waals surface area contributed by atoms with Gasteiger partial charge >= 0.3 is 0 Å². The summed E-state index contributed by atoms with van der Waals surface area (Å²) in [5, 5.41) is 8.67. The third-order valence-corrected chi connectivity index (χ3v) is 6.22. The SMILES string of the molecule is CCCN(Cc1nnc(-c2ccccc2Cl)o1)C(=O)CN1C(=O)CSc2ccccc21. The first-order chi connectivity index (χ1) is 15.1. The lowest BCUT2D eigenvalue weighted by Gasteiger charge is -2.30. The molecule has 0 bridgehead atoms. The smallest absolute Gasteiger partial charge is 0.249 e. The molecule has 2 heterocycles. The second-order valence-electron chi connectivity index (χ2n) is 7.03. The molecule has 4 rings (SSSR count). The van der Waals surface area contributed by atoms with Gasteiger partial charge in [0.2, 0.25) is 23.6 Å². The summed E-state index contributed by atoms with van der Waals surface area (Å²) in [5.41, 5.74) is 1.41. The van der Waals surface area contributed by atoms with Gasteiger partial charge in [0, 0.05) is 11.4 Å². The first-order valence-corrected chi connectivity index (χ1v) is 11.3. The van der Waals surface area contributed by atoms with Crippen LogP contribution in [0.4, 0.5) is 5.69 Å². The molecule has 2 amide bonds. The lowest BCUT2D eigenvalue weighted by Crippen LogP contribution is -2.45. The van der Waals surface area contributed by atoms with Crippen molar-refractivity contribution in [2.75, 3.05) is 23.7 Å². The van der Waals surface area contributed by atoms with Crippen LogP contribution in [-0.2, 0) is 16.1 Å². The van der Waals surface area contributed by atoms with E-state index < -0.39 is 0 Å². The zero-order valence-corrected chi connectivity index (χ0v) is 18.5. The summed E-state index contributed by atoms with van der Waals surface area (Å²) in [5.74, 6) is 0.698. The van der Waals surface area contributed by atoms with Crippen LogP contribution in [0.5, 0.6) is 0 Å². The Morgan fingerprint density at radius 3 is 2.77 bits per heavy atom. The number of fused-ring (bicyclic) bond motifs is 1. The molecular weight excluding hydrogens is 436 g/mol. The van der Waals surface area contributed by atoms with Gasteiger partial charge in [-0.25, -0.2) is 0 Å². The number of hydrogen-bond acceptors (Lipinski definition) is 6. The van der Waals surface area contributed by atoms with Crippen LogP contribution in [0.2, 0.25) is 5.02 Å². The summed E-state index contributed by atoms with van der Waals surface area (Å²) < 4.78 is 5.76. The maximum atomic E-state index is 13.1. The Morgan fingerprint density at radius 2 is 1.97 bits per heavy atom. The molecule has 31 heavy (non-hydrogen) atoms. The van der Waals surface area contributed by atoms with Crippen LogP contribution in [0.1, 0.15) is 19.2 Å². The van der Waals surface area contributed by atoms with Crippen molar-refractivity contribution in [3.05, 3.63) is 59.4 Å². The maximum absolute atomic E-state index is 13.1. The molecule has 1 aliphatic heterocycles. The van der Waals surface area contributed by atoms with Gasteiger partial charge in [-0.2, -0.15) is 0 Å². The van der Waals surface area contributed by atoms with Gasteiger partial charge < -0.3 is 14.2 Å². The van der Waals surface area contributed by atoms with Crippen LogP contribution < -0.4 is 4.90 Å². The standard InChI is InChI=1S/C22H21ClN4O3S/c1-2-11-26(12-19-24-25-22(30-19)15-7-3-4-8-16(15)23)20(28)13-27-17-9-5-6-10-18(17)31-14-21(27)29/h3-10H,2,11-14H2,1H3. The van der Waals surface area contributed by atoms with Gasteiger partial charge in [-0.05, 0) is 30.7 Å². The largest absolute Gasteiger partial charge is 0.419 e. The summed E-state index contributed by atoms with van der Waals surface area (Å²) >= 11 is 7.70. The van der Waals surface area contributed by atoms with E-state index in [0.29, 0.717) is 34.7 Å². The molecule has 3 aromatic rings. The summed E-state index contributed by atoms with van der Waals surface area (Å²) in [6, 6.07) is 14.8. The van der Waals surface area contributed by atoms with Crippen LogP contribution in [0.3, 0.4) is 0 Å². The molecule has 160 valence electrons. The zero-order valence-electron chi connectivity index (χ0n) is 17.0. The fraction of sp³-hybridized carbons (Fsp3) is 0.273. The third-order valence-electron chi connectivity index (χ3n) is 4.85. The van der Waals surface area contributed by atoms with E-state index in [1.165, 1.54) is 11.8 Å². The van der Waals surface area contributed by atoms with Crippen molar-refractivity contribution in [3.8, 4) is 11.5 Å². The Labute approximate surface area is 189 Å². The van der Waals surface area contributed by atoms with E-state index in [2.05, 4.69) is 10.2 Å². The number of rotatable bonds is 7. The van der Waals surface area contributed by atoms with Crippen molar-refractivity contribution in [3.63, 3.8) is 0 Å². The maximum Gasteiger partial charge on any atom is 0.249 e.